The number of ether oxygens (including phenoxy) is 2. The Morgan fingerprint density at radius 2 is 0.931 bits per heavy atom. The van der Waals surface area contributed by atoms with Gasteiger partial charge in [0.2, 0.25) is 6.79 Å². The summed E-state index contributed by atoms with van der Waals surface area (Å²) in [5.41, 5.74) is 23.2. The van der Waals surface area contributed by atoms with E-state index in [4.69, 9.17) is 32.4 Å². The van der Waals surface area contributed by atoms with E-state index in [1.54, 1.807) is 0 Å². The van der Waals surface area contributed by atoms with Crippen molar-refractivity contribution in [2.24, 2.45) is 32.9 Å². The maximum absolute atomic E-state index is 5.54. The van der Waals surface area contributed by atoms with E-state index in [0.717, 1.165) is 11.1 Å². The second kappa shape index (κ2) is 16.1. The molecule has 0 aliphatic carbocycles. The first-order valence-electron chi connectivity index (χ1n) is 7.57. The minimum Gasteiger partial charge on any atom is -0.458 e. The Morgan fingerprint density at radius 1 is 0.621 bits per heavy atom. The van der Waals surface area contributed by atoms with Crippen LogP contribution in [0.15, 0.2) is 58.5 Å². The third-order valence-electron chi connectivity index (χ3n) is 3.19. The van der Waals surface area contributed by atoms with Crippen molar-refractivity contribution in [3.05, 3.63) is 59.7 Å². The number of aliphatic imine (C=N–C) groups is 2. The van der Waals surface area contributed by atoms with Crippen LogP contribution in [0.1, 0.15) is 26.0 Å². The molecule has 10 heteroatoms. The lowest BCUT2D eigenvalue weighted by molar-refractivity contribution is 0.120. The van der Waals surface area contributed by atoms with Gasteiger partial charge < -0.3 is 32.4 Å². The highest BCUT2D eigenvalue weighted by Gasteiger charge is 1.98. The van der Waals surface area contributed by atoms with Crippen molar-refractivity contribution in [1.29, 1.82) is 0 Å². The fourth-order valence-electron chi connectivity index (χ4n) is 1.91. The Bertz CT molecular complexity index is 666. The van der Waals surface area contributed by atoms with Gasteiger partial charge in [0.1, 0.15) is 11.5 Å². The normalized spacial score (nSPS) is 8.55. The predicted octanol–water partition coefficient (Wildman–Crippen LogP) is 2.76. The maximum atomic E-state index is 5.54. The van der Waals surface area contributed by atoms with Gasteiger partial charge in [-0.25, -0.2) is 9.98 Å². The molecule has 0 heterocycles. The Morgan fingerprint density at radius 3 is 1.21 bits per heavy atom. The van der Waals surface area contributed by atoms with Gasteiger partial charge in [0.25, 0.3) is 0 Å². The van der Waals surface area contributed by atoms with E-state index >= 15 is 0 Å². The lowest BCUT2D eigenvalue weighted by atomic mass is 10.2. The molecule has 0 atom stereocenters. The molecule has 0 radical (unpaired) electrons. The van der Waals surface area contributed by atoms with Crippen LogP contribution in [-0.4, -0.2) is 18.7 Å². The smallest absolute Gasteiger partial charge is 0.230 e. The summed E-state index contributed by atoms with van der Waals surface area (Å²) < 4.78 is 11.1. The molecule has 0 unspecified atom stereocenters. The van der Waals surface area contributed by atoms with Crippen molar-refractivity contribution in [3.63, 3.8) is 0 Å². The highest BCUT2D eigenvalue weighted by Crippen LogP contribution is 2.15. The second-order valence-corrected chi connectivity index (χ2v) is 5.18. The van der Waals surface area contributed by atoms with Crippen molar-refractivity contribution < 1.29 is 9.47 Å². The van der Waals surface area contributed by atoms with Crippen LogP contribution in [0, 0.1) is 0 Å². The zero-order chi connectivity index (χ0) is 18.1. The van der Waals surface area contributed by atoms with E-state index in [9.17, 15) is 0 Å². The third kappa shape index (κ3) is 12.3. The van der Waals surface area contributed by atoms with E-state index < -0.39 is 0 Å². The van der Waals surface area contributed by atoms with Gasteiger partial charge in [-0.3, -0.25) is 0 Å². The summed E-state index contributed by atoms with van der Waals surface area (Å²) in [7, 11) is 0. The number of benzene rings is 2. The number of nitrogens with two attached hydrogens (primary N) is 4. The van der Waals surface area contributed by atoms with Crippen LogP contribution in [0.2, 0.25) is 0 Å². The van der Waals surface area contributed by atoms with Gasteiger partial charge in [0.05, 0.1) is 13.1 Å². The molecule has 0 saturated carbocycles. The average Bonchev–Trinajstić information content (AvgIpc) is 2.60. The first-order chi connectivity index (χ1) is 12.0. The van der Waals surface area contributed by atoms with E-state index in [-0.39, 0.29) is 58.4 Å². The Kier molecular flexibility index (Phi) is 17.2. The predicted molar refractivity (Wildman–Crippen MR) is 126 cm³/mol. The van der Waals surface area contributed by atoms with Crippen LogP contribution < -0.4 is 32.4 Å². The Hall–Kier alpha value is -2.84. The molecular formula is C19H32Cl2N6O2. The molecule has 8 nitrogen and oxygen atoms in total. The molecule has 164 valence electrons. The van der Waals surface area contributed by atoms with Gasteiger partial charge in [0, 0.05) is 0 Å². The van der Waals surface area contributed by atoms with E-state index in [2.05, 4.69) is 9.98 Å². The lowest BCUT2D eigenvalue weighted by Crippen LogP contribution is -2.22. The molecule has 2 aromatic carbocycles. The number of hydrogen-bond donors (Lipinski definition) is 4. The highest BCUT2D eigenvalue weighted by molar-refractivity contribution is 5.85. The second-order valence-electron chi connectivity index (χ2n) is 5.18. The number of nitrogens with zero attached hydrogens (tertiary/aromatic N) is 2. The maximum Gasteiger partial charge on any atom is 0.230 e. The molecule has 0 fully saturated rings. The van der Waals surface area contributed by atoms with E-state index in [1.165, 1.54) is 0 Å². The Balaban J connectivity index is -0.00000169. The minimum absolute atomic E-state index is 0. The third-order valence-corrected chi connectivity index (χ3v) is 3.19. The molecule has 0 aliphatic rings. The summed E-state index contributed by atoms with van der Waals surface area (Å²) in [5, 5.41) is 0. The van der Waals surface area contributed by atoms with Crippen LogP contribution in [0.3, 0.4) is 0 Å². The van der Waals surface area contributed by atoms with Gasteiger partial charge in [-0.15, -0.1) is 24.8 Å². The fourth-order valence-corrected chi connectivity index (χ4v) is 1.91. The van der Waals surface area contributed by atoms with Crippen LogP contribution in [0.4, 0.5) is 0 Å². The number of halogens is 2. The van der Waals surface area contributed by atoms with Crippen LogP contribution in [-0.2, 0) is 13.1 Å². The fraction of sp³-hybridized carbons (Fsp3) is 0.263. The molecule has 0 bridgehead atoms. The van der Waals surface area contributed by atoms with Crippen molar-refractivity contribution in [2.75, 3.05) is 6.79 Å². The monoisotopic (exact) mass is 446 g/mol. The molecule has 0 aliphatic heterocycles. The zero-order valence-corrected chi connectivity index (χ0v) is 16.2. The summed E-state index contributed by atoms with van der Waals surface area (Å²) >= 11 is 0. The van der Waals surface area contributed by atoms with Gasteiger partial charge >= 0.3 is 0 Å². The minimum atomic E-state index is 0. The van der Waals surface area contributed by atoms with Crippen molar-refractivity contribution in [3.8, 4) is 11.5 Å². The van der Waals surface area contributed by atoms with Gasteiger partial charge in [0.15, 0.2) is 11.9 Å². The lowest BCUT2D eigenvalue weighted by Gasteiger charge is -2.09. The molecule has 0 amide bonds. The number of guanidine groups is 2. The molecule has 0 aromatic heterocycles. The zero-order valence-electron chi connectivity index (χ0n) is 14.6. The number of hydrogen-bond acceptors (Lipinski definition) is 4. The number of rotatable bonds is 8. The molecule has 29 heavy (non-hydrogen) atoms. The van der Waals surface area contributed by atoms with Crippen LogP contribution in [0.5, 0.6) is 11.5 Å². The molecule has 0 saturated heterocycles. The summed E-state index contributed by atoms with van der Waals surface area (Å²) in [6.07, 6.45) is 0. The van der Waals surface area contributed by atoms with Gasteiger partial charge in [-0.1, -0.05) is 39.1 Å². The van der Waals surface area contributed by atoms with Crippen molar-refractivity contribution >= 4 is 36.7 Å². The van der Waals surface area contributed by atoms with E-state index in [0.29, 0.717) is 24.6 Å². The van der Waals surface area contributed by atoms with Crippen LogP contribution in [0.25, 0.3) is 0 Å². The molecular weight excluding hydrogens is 415 g/mol. The highest BCUT2D eigenvalue weighted by atomic mass is 35.5. The summed E-state index contributed by atoms with van der Waals surface area (Å²) in [4.78, 5) is 7.88. The molecule has 8 N–H and O–H groups in total. The average molecular weight is 447 g/mol. The largest absolute Gasteiger partial charge is 0.458 e. The van der Waals surface area contributed by atoms with Crippen molar-refractivity contribution in [1.82, 2.24) is 0 Å². The van der Waals surface area contributed by atoms with Gasteiger partial charge in [-0.05, 0) is 35.4 Å². The first-order valence-corrected chi connectivity index (χ1v) is 7.57. The van der Waals surface area contributed by atoms with Gasteiger partial charge in [-0.2, -0.15) is 0 Å². The summed E-state index contributed by atoms with van der Waals surface area (Å²) in [6, 6.07) is 14.9. The molecule has 0 spiro atoms. The molecule has 2 rings (SSSR count). The first kappa shape index (κ1) is 30.9. The van der Waals surface area contributed by atoms with Crippen molar-refractivity contribution in [2.45, 2.75) is 27.9 Å². The summed E-state index contributed by atoms with van der Waals surface area (Å²) in [6.45, 7) is 0.969. The Labute approximate surface area is 185 Å². The van der Waals surface area contributed by atoms with E-state index in [1.807, 2.05) is 48.5 Å². The quantitative estimate of drug-likeness (QED) is 0.278. The molecule has 2 aromatic rings. The SMILES string of the molecule is C.C.Cl.Cl.NC(N)=NCc1ccc(OCOc2ccc(CN=C(N)N)cc2)cc1. The standard InChI is InChI=1S/C17H22N6O2.2CH4.2ClH/c18-16(19)22-9-12-1-5-14(6-2-12)24-11-25-15-7-3-13(4-8-15)10-23-17(20)21;;;;/h1-8H,9-11H2,(H4,18,19,22)(H4,20,21,23);2*1H4;2*1H. The van der Waals surface area contributed by atoms with Crippen LogP contribution >= 0.6 is 24.8 Å². The summed E-state index contributed by atoms with van der Waals surface area (Å²) in [5.74, 6) is 1.52. The topological polar surface area (TPSA) is 147 Å².